The fraction of sp³-hybridized carbons (Fsp3) is 0.368. The molecule has 1 aromatic carbocycles. The number of benzene rings is 1. The second-order valence-electron chi connectivity index (χ2n) is 7.25. The molecular weight excluding hydrogens is 364 g/mol. The molecule has 1 atom stereocenters. The molecule has 0 radical (unpaired) electrons. The van der Waals surface area contributed by atoms with Crippen LogP contribution in [-0.4, -0.2) is 35.8 Å². The first-order valence-electron chi connectivity index (χ1n) is 9.13. The van der Waals surface area contributed by atoms with Crippen molar-refractivity contribution in [2.75, 3.05) is 0 Å². The molecule has 27 heavy (non-hydrogen) atoms. The van der Waals surface area contributed by atoms with Gasteiger partial charge in [-0.3, -0.25) is 14.5 Å². The van der Waals surface area contributed by atoms with Gasteiger partial charge in [0, 0.05) is 23.2 Å². The number of hydrogen-bond acceptors (Lipinski definition) is 4. The predicted octanol–water partition coefficient (Wildman–Crippen LogP) is 3.30. The zero-order chi connectivity index (χ0) is 18.5. The lowest BCUT2D eigenvalue weighted by Gasteiger charge is -2.32. The average molecular weight is 383 g/mol. The molecule has 7 nitrogen and oxygen atoms in total. The molecule has 8 heteroatoms. The second kappa shape index (κ2) is 6.20. The third-order valence-electron chi connectivity index (χ3n) is 5.32. The summed E-state index contributed by atoms with van der Waals surface area (Å²) in [6.45, 7) is 2.74. The summed E-state index contributed by atoms with van der Waals surface area (Å²) in [4.78, 5) is 14.8. The van der Waals surface area contributed by atoms with Crippen molar-refractivity contribution in [1.29, 1.82) is 0 Å². The number of amides is 1. The highest BCUT2D eigenvalue weighted by Gasteiger charge is 2.35. The van der Waals surface area contributed by atoms with Crippen molar-refractivity contribution in [3.05, 3.63) is 52.4 Å². The van der Waals surface area contributed by atoms with Gasteiger partial charge in [0.2, 0.25) is 5.91 Å². The van der Waals surface area contributed by atoms with Gasteiger partial charge in [0.1, 0.15) is 11.7 Å². The average Bonchev–Trinajstić information content (AvgIpc) is 3.24. The van der Waals surface area contributed by atoms with E-state index in [-0.39, 0.29) is 11.9 Å². The van der Waals surface area contributed by atoms with Gasteiger partial charge in [-0.15, -0.1) is 10.2 Å². The minimum absolute atomic E-state index is 0.0291. The van der Waals surface area contributed by atoms with Gasteiger partial charge in [0.05, 0.1) is 6.54 Å². The van der Waals surface area contributed by atoms with Gasteiger partial charge < -0.3 is 4.90 Å². The molecule has 138 valence electrons. The monoisotopic (exact) mass is 382 g/mol. The van der Waals surface area contributed by atoms with E-state index in [1.165, 1.54) is 12.8 Å². The molecule has 1 aliphatic carbocycles. The van der Waals surface area contributed by atoms with E-state index in [1.54, 1.807) is 4.90 Å². The standard InChI is InChI=1S/C19H19ClN6O/c1-11-19(27)25(9-13-4-2-3-5-14(13)20)10-17-23-24-18(26(11)17)16-8-15(21-22-16)12-6-7-12/h2-5,8,11-12H,6-7,9-10H2,1H3,(H,21,22)/t11-/m0/s1. The number of aromatic nitrogens is 5. The number of carbonyl (C=O) groups is 1. The number of nitrogens with one attached hydrogen (secondary N) is 1. The summed E-state index contributed by atoms with van der Waals surface area (Å²) >= 11 is 6.26. The molecule has 1 saturated carbocycles. The number of H-pyrrole nitrogens is 1. The van der Waals surface area contributed by atoms with Crippen LogP contribution in [0.1, 0.15) is 48.8 Å². The first kappa shape index (κ1) is 16.5. The molecule has 0 bridgehead atoms. The fourth-order valence-electron chi connectivity index (χ4n) is 3.66. The van der Waals surface area contributed by atoms with Crippen LogP contribution in [0.3, 0.4) is 0 Å². The van der Waals surface area contributed by atoms with E-state index < -0.39 is 0 Å². The first-order valence-corrected chi connectivity index (χ1v) is 9.51. The van der Waals surface area contributed by atoms with Gasteiger partial charge in [-0.05, 0) is 37.5 Å². The zero-order valence-corrected chi connectivity index (χ0v) is 15.6. The summed E-state index contributed by atoms with van der Waals surface area (Å²) in [5.41, 5.74) is 2.81. The number of rotatable bonds is 4. The van der Waals surface area contributed by atoms with Crippen molar-refractivity contribution in [3.8, 4) is 11.5 Å². The van der Waals surface area contributed by atoms with Gasteiger partial charge in [-0.2, -0.15) is 5.10 Å². The summed E-state index contributed by atoms with van der Waals surface area (Å²) in [6, 6.07) is 9.23. The SMILES string of the molecule is C[C@H]1C(=O)N(Cc2ccccc2Cl)Cc2nnc(-c3cc(C4CC4)[nH]n3)n21. The van der Waals surface area contributed by atoms with Crippen LogP contribution in [0.25, 0.3) is 11.5 Å². The minimum atomic E-state index is -0.387. The predicted molar refractivity (Wildman–Crippen MR) is 100.0 cm³/mol. The summed E-state index contributed by atoms with van der Waals surface area (Å²) in [6.07, 6.45) is 2.40. The van der Waals surface area contributed by atoms with Crippen LogP contribution >= 0.6 is 11.6 Å². The van der Waals surface area contributed by atoms with Crippen molar-refractivity contribution in [3.63, 3.8) is 0 Å². The Morgan fingerprint density at radius 1 is 1.26 bits per heavy atom. The van der Waals surface area contributed by atoms with E-state index in [9.17, 15) is 4.79 Å². The Bertz CT molecular complexity index is 1020. The van der Waals surface area contributed by atoms with Crippen LogP contribution in [0.4, 0.5) is 0 Å². The van der Waals surface area contributed by atoms with Crippen LogP contribution in [-0.2, 0) is 17.9 Å². The van der Waals surface area contributed by atoms with E-state index in [4.69, 9.17) is 11.6 Å². The number of halogens is 1. The lowest BCUT2D eigenvalue weighted by atomic mass is 10.1. The number of hydrogen-bond donors (Lipinski definition) is 1. The van der Waals surface area contributed by atoms with E-state index >= 15 is 0 Å². The molecule has 1 N–H and O–H groups in total. The third kappa shape index (κ3) is 2.82. The van der Waals surface area contributed by atoms with Crippen LogP contribution < -0.4 is 0 Å². The number of nitrogens with zero attached hydrogens (tertiary/aromatic N) is 5. The summed E-state index contributed by atoms with van der Waals surface area (Å²) in [5.74, 6) is 2.02. The Morgan fingerprint density at radius 2 is 2.07 bits per heavy atom. The molecule has 0 unspecified atom stereocenters. The smallest absolute Gasteiger partial charge is 0.246 e. The van der Waals surface area contributed by atoms with Crippen molar-refractivity contribution < 1.29 is 4.79 Å². The quantitative estimate of drug-likeness (QED) is 0.750. The van der Waals surface area contributed by atoms with Crippen molar-refractivity contribution >= 4 is 17.5 Å². The first-order chi connectivity index (χ1) is 13.1. The van der Waals surface area contributed by atoms with Gasteiger partial charge in [-0.1, -0.05) is 29.8 Å². The minimum Gasteiger partial charge on any atom is -0.329 e. The zero-order valence-electron chi connectivity index (χ0n) is 14.9. The van der Waals surface area contributed by atoms with Gasteiger partial charge in [0.15, 0.2) is 11.6 Å². The highest BCUT2D eigenvalue weighted by Crippen LogP contribution is 2.40. The topological polar surface area (TPSA) is 79.7 Å². The van der Waals surface area contributed by atoms with E-state index in [2.05, 4.69) is 20.4 Å². The molecule has 2 aromatic heterocycles. The summed E-state index contributed by atoms with van der Waals surface area (Å²) < 4.78 is 1.90. The summed E-state index contributed by atoms with van der Waals surface area (Å²) in [5, 5.41) is 16.8. The highest BCUT2D eigenvalue weighted by atomic mass is 35.5. The van der Waals surface area contributed by atoms with Crippen LogP contribution in [0.2, 0.25) is 5.02 Å². The van der Waals surface area contributed by atoms with Crippen LogP contribution in [0.15, 0.2) is 30.3 Å². The maximum absolute atomic E-state index is 13.0. The van der Waals surface area contributed by atoms with Gasteiger partial charge >= 0.3 is 0 Å². The molecular formula is C19H19ClN6O. The number of fused-ring (bicyclic) bond motifs is 1. The van der Waals surface area contributed by atoms with Gasteiger partial charge in [-0.25, -0.2) is 0 Å². The molecule has 0 saturated heterocycles. The lowest BCUT2D eigenvalue weighted by Crippen LogP contribution is -2.41. The normalized spacial score (nSPS) is 19.4. The van der Waals surface area contributed by atoms with Crippen molar-refractivity contribution in [2.45, 2.75) is 44.8 Å². The van der Waals surface area contributed by atoms with Crippen molar-refractivity contribution in [1.82, 2.24) is 29.9 Å². The maximum atomic E-state index is 13.0. The molecule has 1 aliphatic heterocycles. The Kier molecular flexibility index (Phi) is 3.79. The number of carbonyl (C=O) groups excluding carboxylic acids is 1. The fourth-order valence-corrected chi connectivity index (χ4v) is 3.85. The van der Waals surface area contributed by atoms with Gasteiger partial charge in [0.25, 0.3) is 0 Å². The van der Waals surface area contributed by atoms with E-state index in [0.29, 0.717) is 29.9 Å². The van der Waals surface area contributed by atoms with E-state index in [0.717, 1.165) is 22.8 Å². The molecule has 0 spiro atoms. The largest absolute Gasteiger partial charge is 0.329 e. The lowest BCUT2D eigenvalue weighted by molar-refractivity contribution is -0.137. The van der Waals surface area contributed by atoms with Crippen molar-refractivity contribution in [2.24, 2.45) is 0 Å². The van der Waals surface area contributed by atoms with E-state index in [1.807, 2.05) is 41.8 Å². The third-order valence-corrected chi connectivity index (χ3v) is 5.69. The Balaban J connectivity index is 1.45. The molecule has 5 rings (SSSR count). The molecule has 1 fully saturated rings. The molecule has 3 heterocycles. The molecule has 1 amide bonds. The molecule has 3 aromatic rings. The number of aromatic amines is 1. The van der Waals surface area contributed by atoms with Crippen LogP contribution in [0.5, 0.6) is 0 Å². The Labute approximate surface area is 161 Å². The second-order valence-corrected chi connectivity index (χ2v) is 7.66. The summed E-state index contributed by atoms with van der Waals surface area (Å²) in [7, 11) is 0. The highest BCUT2D eigenvalue weighted by molar-refractivity contribution is 6.31. The van der Waals surface area contributed by atoms with Crippen LogP contribution in [0, 0.1) is 0 Å². The Morgan fingerprint density at radius 3 is 2.85 bits per heavy atom. The molecule has 2 aliphatic rings. The maximum Gasteiger partial charge on any atom is 0.246 e. The Hall–Kier alpha value is -2.67.